The summed E-state index contributed by atoms with van der Waals surface area (Å²) in [7, 11) is 1.71. The lowest BCUT2D eigenvalue weighted by atomic mass is 10.2. The molecule has 0 aliphatic rings. The van der Waals surface area contributed by atoms with Crippen LogP contribution in [0.2, 0.25) is 0 Å². The van der Waals surface area contributed by atoms with Crippen LogP contribution in [0.4, 0.5) is 5.69 Å². The van der Waals surface area contributed by atoms with Gasteiger partial charge in [-0.05, 0) is 43.2 Å². The molecule has 0 radical (unpaired) electrons. The average Bonchev–Trinajstić information content (AvgIpc) is 3.13. The number of aryl methyl sites for hydroxylation is 1. The Hall–Kier alpha value is -1.32. The van der Waals surface area contributed by atoms with E-state index in [0.717, 1.165) is 37.7 Å². The van der Waals surface area contributed by atoms with Gasteiger partial charge in [-0.25, -0.2) is 4.99 Å². The van der Waals surface area contributed by atoms with Crippen LogP contribution in [0.3, 0.4) is 0 Å². The minimum Gasteiger partial charge on any atom is -0.383 e. The SMILES string of the molecule is CCNC(=NCc1ccc(NCCOC)cc1)NCc1ccc(CC)s1.I. The normalized spacial score (nSPS) is 11.0. The second-order valence-electron chi connectivity index (χ2n) is 5.89. The molecule has 0 unspecified atom stereocenters. The summed E-state index contributed by atoms with van der Waals surface area (Å²) in [4.78, 5) is 7.44. The fourth-order valence-electron chi connectivity index (χ4n) is 2.42. The Labute approximate surface area is 184 Å². The van der Waals surface area contributed by atoms with Crippen molar-refractivity contribution in [3.8, 4) is 0 Å². The lowest BCUT2D eigenvalue weighted by Gasteiger charge is -2.11. The van der Waals surface area contributed by atoms with Crippen molar-refractivity contribution in [1.82, 2.24) is 10.6 Å². The lowest BCUT2D eigenvalue weighted by Crippen LogP contribution is -2.36. The fraction of sp³-hybridized carbons (Fsp3) is 0.450. The molecule has 0 aliphatic carbocycles. The third-order valence-corrected chi connectivity index (χ3v) is 5.08. The number of methoxy groups -OCH3 is 1. The van der Waals surface area contributed by atoms with Gasteiger partial charge in [-0.15, -0.1) is 35.3 Å². The van der Waals surface area contributed by atoms with Crippen molar-refractivity contribution in [2.45, 2.75) is 33.4 Å². The van der Waals surface area contributed by atoms with Gasteiger partial charge in [-0.1, -0.05) is 19.1 Å². The molecular weight excluding hydrogens is 471 g/mol. The van der Waals surface area contributed by atoms with Crippen molar-refractivity contribution in [3.05, 3.63) is 51.7 Å². The summed E-state index contributed by atoms with van der Waals surface area (Å²) < 4.78 is 5.04. The van der Waals surface area contributed by atoms with E-state index in [-0.39, 0.29) is 24.0 Å². The number of anilines is 1. The van der Waals surface area contributed by atoms with Gasteiger partial charge in [-0.2, -0.15) is 0 Å². The monoisotopic (exact) mass is 502 g/mol. The van der Waals surface area contributed by atoms with E-state index < -0.39 is 0 Å². The quantitative estimate of drug-likeness (QED) is 0.197. The van der Waals surface area contributed by atoms with Crippen molar-refractivity contribution in [2.75, 3.05) is 32.1 Å². The maximum Gasteiger partial charge on any atom is 0.191 e. The number of ether oxygens (including phenoxy) is 1. The zero-order valence-electron chi connectivity index (χ0n) is 16.4. The second-order valence-corrected chi connectivity index (χ2v) is 7.14. The molecule has 7 heteroatoms. The number of benzene rings is 1. The van der Waals surface area contributed by atoms with Gasteiger partial charge >= 0.3 is 0 Å². The Kier molecular flexibility index (Phi) is 12.1. The molecule has 0 saturated carbocycles. The molecule has 3 N–H and O–H groups in total. The van der Waals surface area contributed by atoms with Gasteiger partial charge in [0.2, 0.25) is 0 Å². The van der Waals surface area contributed by atoms with E-state index in [0.29, 0.717) is 13.2 Å². The number of hydrogen-bond donors (Lipinski definition) is 3. The summed E-state index contributed by atoms with van der Waals surface area (Å²) in [5.74, 6) is 0.848. The third kappa shape index (κ3) is 8.94. The largest absolute Gasteiger partial charge is 0.383 e. The van der Waals surface area contributed by atoms with E-state index in [1.165, 1.54) is 15.3 Å². The van der Waals surface area contributed by atoms with Gasteiger partial charge in [0.1, 0.15) is 0 Å². The van der Waals surface area contributed by atoms with Crippen molar-refractivity contribution in [1.29, 1.82) is 0 Å². The number of aliphatic imine (C=N–C) groups is 1. The number of halogens is 1. The van der Waals surface area contributed by atoms with Gasteiger partial charge in [0.25, 0.3) is 0 Å². The first-order valence-corrected chi connectivity index (χ1v) is 9.98. The first kappa shape index (κ1) is 23.7. The highest BCUT2D eigenvalue weighted by Gasteiger charge is 2.02. The highest BCUT2D eigenvalue weighted by atomic mass is 127. The zero-order valence-corrected chi connectivity index (χ0v) is 19.5. The Morgan fingerprint density at radius 3 is 2.41 bits per heavy atom. The highest BCUT2D eigenvalue weighted by Crippen LogP contribution is 2.16. The summed E-state index contributed by atoms with van der Waals surface area (Å²) in [6, 6.07) is 12.8. The molecule has 0 amide bonds. The Balaban J connectivity index is 0.00000364. The molecule has 27 heavy (non-hydrogen) atoms. The minimum atomic E-state index is 0. The summed E-state index contributed by atoms with van der Waals surface area (Å²) >= 11 is 1.86. The van der Waals surface area contributed by atoms with Gasteiger partial charge in [0, 0.05) is 35.6 Å². The maximum atomic E-state index is 5.04. The van der Waals surface area contributed by atoms with E-state index in [2.05, 4.69) is 71.2 Å². The van der Waals surface area contributed by atoms with Crippen molar-refractivity contribution < 1.29 is 4.74 Å². The molecule has 0 bridgehead atoms. The first-order chi connectivity index (χ1) is 12.7. The molecule has 2 rings (SSSR count). The van der Waals surface area contributed by atoms with Crippen molar-refractivity contribution in [3.63, 3.8) is 0 Å². The minimum absolute atomic E-state index is 0. The molecule has 2 aromatic rings. The Morgan fingerprint density at radius 2 is 1.78 bits per heavy atom. The first-order valence-electron chi connectivity index (χ1n) is 9.16. The van der Waals surface area contributed by atoms with Crippen molar-refractivity contribution >= 4 is 47.0 Å². The fourth-order valence-corrected chi connectivity index (χ4v) is 3.31. The summed E-state index contributed by atoms with van der Waals surface area (Å²) in [6.45, 7) is 8.08. The smallest absolute Gasteiger partial charge is 0.191 e. The van der Waals surface area contributed by atoms with Gasteiger partial charge in [-0.3, -0.25) is 0 Å². The number of guanidine groups is 1. The summed E-state index contributed by atoms with van der Waals surface area (Å²) in [5.41, 5.74) is 2.29. The molecule has 0 saturated heterocycles. The van der Waals surface area contributed by atoms with E-state index in [1.54, 1.807) is 7.11 Å². The van der Waals surface area contributed by atoms with Crippen LogP contribution < -0.4 is 16.0 Å². The van der Waals surface area contributed by atoms with Crippen LogP contribution in [0, 0.1) is 0 Å². The molecular formula is C20H31IN4OS. The summed E-state index contributed by atoms with van der Waals surface area (Å²) in [5, 5.41) is 10.0. The predicted molar refractivity (Wildman–Crippen MR) is 128 cm³/mol. The Morgan fingerprint density at radius 1 is 1.04 bits per heavy atom. The van der Waals surface area contributed by atoms with E-state index >= 15 is 0 Å². The molecule has 1 aromatic carbocycles. The van der Waals surface area contributed by atoms with Crippen molar-refractivity contribution in [2.24, 2.45) is 4.99 Å². The average molecular weight is 502 g/mol. The van der Waals surface area contributed by atoms with Crippen LogP contribution in [-0.4, -0.2) is 32.8 Å². The van der Waals surface area contributed by atoms with Crippen LogP contribution in [0.25, 0.3) is 0 Å². The number of hydrogen-bond acceptors (Lipinski definition) is 4. The number of nitrogens with one attached hydrogen (secondary N) is 3. The van der Waals surface area contributed by atoms with E-state index in [1.807, 2.05) is 11.3 Å². The zero-order chi connectivity index (χ0) is 18.6. The molecule has 5 nitrogen and oxygen atoms in total. The second kappa shape index (κ2) is 13.8. The predicted octanol–water partition coefficient (Wildman–Crippen LogP) is 4.24. The topological polar surface area (TPSA) is 57.7 Å². The van der Waals surface area contributed by atoms with Gasteiger partial charge in [0.05, 0.1) is 19.7 Å². The molecule has 0 aliphatic heterocycles. The molecule has 0 fully saturated rings. The number of nitrogens with zero attached hydrogens (tertiary/aromatic N) is 1. The summed E-state index contributed by atoms with van der Waals surface area (Å²) in [6.07, 6.45) is 1.09. The van der Waals surface area contributed by atoms with Crippen LogP contribution in [-0.2, 0) is 24.2 Å². The van der Waals surface area contributed by atoms with Crippen LogP contribution in [0.5, 0.6) is 0 Å². The maximum absolute atomic E-state index is 5.04. The number of rotatable bonds is 10. The van der Waals surface area contributed by atoms with Crippen LogP contribution in [0.1, 0.15) is 29.2 Å². The number of thiophene rings is 1. The Bertz CT molecular complexity index is 673. The third-order valence-electron chi connectivity index (χ3n) is 3.85. The van der Waals surface area contributed by atoms with E-state index in [4.69, 9.17) is 4.74 Å². The van der Waals surface area contributed by atoms with Gasteiger partial charge < -0.3 is 20.7 Å². The van der Waals surface area contributed by atoms with Gasteiger partial charge in [0.15, 0.2) is 5.96 Å². The molecule has 1 aromatic heterocycles. The lowest BCUT2D eigenvalue weighted by molar-refractivity contribution is 0.211. The molecule has 1 heterocycles. The molecule has 0 spiro atoms. The molecule has 0 atom stereocenters. The van der Waals surface area contributed by atoms with E-state index in [9.17, 15) is 0 Å². The highest BCUT2D eigenvalue weighted by molar-refractivity contribution is 14.0. The standard InChI is InChI=1S/C20H30N4OS.HI/c1-4-18-10-11-19(26-18)15-24-20(21-5-2)23-14-16-6-8-17(9-7-16)22-12-13-25-3;/h6-11,22H,4-5,12-15H2,1-3H3,(H2,21,23,24);1H. The molecule has 150 valence electrons. The van der Waals surface area contributed by atoms with Crippen LogP contribution >= 0.6 is 35.3 Å². The van der Waals surface area contributed by atoms with Crippen LogP contribution in [0.15, 0.2) is 41.4 Å².